The average molecular weight is 141 g/mol. The molecule has 0 unspecified atom stereocenters. The summed E-state index contributed by atoms with van der Waals surface area (Å²) >= 11 is 0. The van der Waals surface area contributed by atoms with Crippen molar-refractivity contribution in [1.29, 1.82) is 0 Å². The standard InChI is InChI=1S/C7H9O3/c1-5(9)6(10)7(2,3)4-8/h1-3H3. The lowest BCUT2D eigenvalue weighted by molar-refractivity contribution is -0.138. The fraction of sp³-hybridized carbons (Fsp3) is 0.571. The molecule has 0 atom stereocenters. The monoisotopic (exact) mass is 141 g/mol. The van der Waals surface area contributed by atoms with Gasteiger partial charge in [0.25, 0.3) is 0 Å². The molecule has 0 saturated heterocycles. The molecule has 0 aromatic carbocycles. The SMILES string of the molecule is CC(=O)C(=O)C(C)(C)[C]=O. The Labute approximate surface area is 59.4 Å². The molecule has 0 heterocycles. The largest absolute Gasteiger partial charge is 0.291 e. The van der Waals surface area contributed by atoms with Crippen molar-refractivity contribution in [2.75, 3.05) is 0 Å². The Kier molecular flexibility index (Phi) is 2.46. The highest BCUT2D eigenvalue weighted by atomic mass is 16.2. The van der Waals surface area contributed by atoms with E-state index in [4.69, 9.17) is 0 Å². The van der Waals surface area contributed by atoms with Crippen LogP contribution in [0.15, 0.2) is 0 Å². The third-order valence-corrected chi connectivity index (χ3v) is 1.14. The van der Waals surface area contributed by atoms with Crippen LogP contribution in [-0.4, -0.2) is 17.9 Å². The van der Waals surface area contributed by atoms with E-state index in [9.17, 15) is 14.4 Å². The van der Waals surface area contributed by atoms with Crippen molar-refractivity contribution in [3.63, 3.8) is 0 Å². The van der Waals surface area contributed by atoms with E-state index in [0.717, 1.165) is 6.92 Å². The number of rotatable bonds is 3. The molecule has 0 spiro atoms. The number of ketones is 2. The zero-order valence-corrected chi connectivity index (χ0v) is 6.22. The molecule has 0 aliphatic heterocycles. The van der Waals surface area contributed by atoms with Gasteiger partial charge in [-0.1, -0.05) is 0 Å². The number of hydrogen-bond acceptors (Lipinski definition) is 3. The van der Waals surface area contributed by atoms with Crippen LogP contribution in [0.25, 0.3) is 0 Å². The molecule has 55 valence electrons. The summed E-state index contributed by atoms with van der Waals surface area (Å²) in [4.78, 5) is 31.3. The quantitative estimate of drug-likeness (QED) is 0.419. The predicted molar refractivity (Wildman–Crippen MR) is 35.2 cm³/mol. The van der Waals surface area contributed by atoms with Crippen LogP contribution in [0.2, 0.25) is 0 Å². The minimum absolute atomic E-state index is 0.603. The molecule has 0 fully saturated rings. The first-order chi connectivity index (χ1) is 4.41. The Morgan fingerprint density at radius 2 is 1.70 bits per heavy atom. The highest BCUT2D eigenvalue weighted by Gasteiger charge is 2.30. The van der Waals surface area contributed by atoms with Gasteiger partial charge in [0.05, 0.1) is 5.41 Å². The van der Waals surface area contributed by atoms with Gasteiger partial charge >= 0.3 is 0 Å². The van der Waals surface area contributed by atoms with Crippen molar-refractivity contribution < 1.29 is 14.4 Å². The number of Topliss-reactive ketones (excluding diaryl/α,β-unsaturated/α-hetero) is 2. The first-order valence-corrected chi connectivity index (χ1v) is 2.86. The number of carbonyl (C=O) groups is 2. The molecular weight excluding hydrogens is 132 g/mol. The molecule has 0 bridgehead atoms. The zero-order chi connectivity index (χ0) is 8.36. The Balaban J connectivity index is 4.49. The highest BCUT2D eigenvalue weighted by Crippen LogP contribution is 2.12. The van der Waals surface area contributed by atoms with Crippen LogP contribution in [0.1, 0.15) is 20.8 Å². The molecule has 0 aliphatic carbocycles. The number of carbonyl (C=O) groups excluding carboxylic acids is 3. The van der Waals surface area contributed by atoms with E-state index >= 15 is 0 Å². The fourth-order valence-corrected chi connectivity index (χ4v) is 0.486. The molecule has 1 radical (unpaired) electrons. The lowest BCUT2D eigenvalue weighted by Crippen LogP contribution is -2.30. The first kappa shape index (κ1) is 9.01. The summed E-state index contributed by atoms with van der Waals surface area (Å²) in [5, 5.41) is 0. The molecule has 0 N–H and O–H groups in total. The Morgan fingerprint density at radius 3 is 1.80 bits per heavy atom. The van der Waals surface area contributed by atoms with Gasteiger partial charge in [0, 0.05) is 6.92 Å². The molecule has 0 amide bonds. The maximum Gasteiger partial charge on any atom is 0.212 e. The van der Waals surface area contributed by atoms with E-state index in [2.05, 4.69) is 0 Å². The summed E-state index contributed by atoms with van der Waals surface area (Å²) < 4.78 is 0. The van der Waals surface area contributed by atoms with Gasteiger partial charge in [-0.25, -0.2) is 0 Å². The third-order valence-electron chi connectivity index (χ3n) is 1.14. The molecule has 3 nitrogen and oxygen atoms in total. The van der Waals surface area contributed by atoms with E-state index in [0.29, 0.717) is 0 Å². The van der Waals surface area contributed by atoms with Crippen molar-refractivity contribution in [1.82, 2.24) is 0 Å². The lowest BCUT2D eigenvalue weighted by Gasteiger charge is -2.09. The zero-order valence-electron chi connectivity index (χ0n) is 6.22. The third kappa shape index (κ3) is 1.76. The smallest absolute Gasteiger partial charge is 0.212 e. The van der Waals surface area contributed by atoms with E-state index < -0.39 is 17.0 Å². The summed E-state index contributed by atoms with van der Waals surface area (Å²) in [7, 11) is 0. The number of hydrogen-bond donors (Lipinski definition) is 0. The van der Waals surface area contributed by atoms with E-state index in [1.807, 2.05) is 0 Å². The second kappa shape index (κ2) is 2.73. The van der Waals surface area contributed by atoms with Crippen LogP contribution in [0.3, 0.4) is 0 Å². The van der Waals surface area contributed by atoms with Crippen LogP contribution < -0.4 is 0 Å². The lowest BCUT2D eigenvalue weighted by atomic mass is 9.88. The maximum atomic E-state index is 10.8. The van der Waals surface area contributed by atoms with Crippen molar-refractivity contribution in [2.45, 2.75) is 20.8 Å². The molecule has 0 aromatic heterocycles. The molecule has 0 rings (SSSR count). The molecule has 0 aromatic rings. The second-order valence-corrected chi connectivity index (χ2v) is 2.61. The van der Waals surface area contributed by atoms with Crippen molar-refractivity contribution in [3.05, 3.63) is 0 Å². The Morgan fingerprint density at radius 1 is 1.30 bits per heavy atom. The van der Waals surface area contributed by atoms with Gasteiger partial charge in [0.15, 0.2) is 5.78 Å². The maximum absolute atomic E-state index is 10.8. The summed E-state index contributed by atoms with van der Waals surface area (Å²) in [5.74, 6) is -1.30. The van der Waals surface area contributed by atoms with Crippen molar-refractivity contribution >= 4 is 17.9 Å². The van der Waals surface area contributed by atoms with Gasteiger partial charge < -0.3 is 0 Å². The Bertz CT molecular complexity index is 179. The average Bonchev–Trinajstić information content (AvgIpc) is 1.86. The molecule has 10 heavy (non-hydrogen) atoms. The highest BCUT2D eigenvalue weighted by molar-refractivity contribution is 6.40. The van der Waals surface area contributed by atoms with Crippen molar-refractivity contribution in [2.24, 2.45) is 5.41 Å². The second-order valence-electron chi connectivity index (χ2n) is 2.61. The van der Waals surface area contributed by atoms with Crippen LogP contribution in [-0.2, 0) is 14.4 Å². The molecule has 0 saturated carbocycles. The predicted octanol–water partition coefficient (Wildman–Crippen LogP) is 0.280. The van der Waals surface area contributed by atoms with Gasteiger partial charge in [0.1, 0.15) is 0 Å². The van der Waals surface area contributed by atoms with E-state index in [1.54, 1.807) is 0 Å². The van der Waals surface area contributed by atoms with Crippen LogP contribution in [0.4, 0.5) is 0 Å². The fourth-order valence-electron chi connectivity index (χ4n) is 0.486. The van der Waals surface area contributed by atoms with Gasteiger partial charge in [-0.3, -0.25) is 14.4 Å². The molecule has 3 heteroatoms. The van der Waals surface area contributed by atoms with Gasteiger partial charge in [-0.2, -0.15) is 0 Å². The van der Waals surface area contributed by atoms with E-state index in [1.165, 1.54) is 20.1 Å². The minimum Gasteiger partial charge on any atom is -0.291 e. The van der Waals surface area contributed by atoms with Crippen molar-refractivity contribution in [3.8, 4) is 0 Å². The molecular formula is C7H9O3. The first-order valence-electron chi connectivity index (χ1n) is 2.86. The normalized spacial score (nSPS) is 10.7. The topological polar surface area (TPSA) is 51.2 Å². The summed E-state index contributed by atoms with van der Waals surface area (Å²) in [6, 6.07) is 0. The summed E-state index contributed by atoms with van der Waals surface area (Å²) in [6.45, 7) is 3.87. The van der Waals surface area contributed by atoms with Crippen LogP contribution in [0, 0.1) is 5.41 Å². The van der Waals surface area contributed by atoms with E-state index in [-0.39, 0.29) is 0 Å². The summed E-state index contributed by atoms with van der Waals surface area (Å²) in [5.41, 5.74) is -1.27. The Hall–Kier alpha value is -0.990. The molecule has 0 aliphatic rings. The summed E-state index contributed by atoms with van der Waals surface area (Å²) in [6.07, 6.45) is 1.50. The van der Waals surface area contributed by atoms with Gasteiger partial charge in [-0.15, -0.1) is 0 Å². The van der Waals surface area contributed by atoms with Crippen LogP contribution >= 0.6 is 0 Å². The van der Waals surface area contributed by atoms with Gasteiger partial charge in [0.2, 0.25) is 12.1 Å². The minimum atomic E-state index is -1.27. The van der Waals surface area contributed by atoms with Gasteiger partial charge in [-0.05, 0) is 13.8 Å². The van der Waals surface area contributed by atoms with Crippen LogP contribution in [0.5, 0.6) is 0 Å².